The number of esters is 1. The first-order chi connectivity index (χ1) is 15.7. The zero-order chi connectivity index (χ0) is 23.5. The smallest absolute Gasteiger partial charge is 0.340 e. The Morgan fingerprint density at radius 2 is 1.88 bits per heavy atom. The maximum Gasteiger partial charge on any atom is 0.340 e. The number of benzene rings is 3. The van der Waals surface area contributed by atoms with Gasteiger partial charge in [0.05, 0.1) is 16.8 Å². The number of amides is 1. The minimum atomic E-state index is -1.73. The SMILES string of the molecule is CC(=O)Nc1c(O[N+](=O)[O-])c(O)cc2c1C1(OC(=O)c3ccccc31)c1ccc(O)cc1O2. The van der Waals surface area contributed by atoms with Gasteiger partial charge in [0.1, 0.15) is 17.2 Å². The molecule has 166 valence electrons. The second-order valence-corrected chi connectivity index (χ2v) is 7.37. The number of carbonyl (C=O) groups excluding carboxylic acids is 2. The van der Waals surface area contributed by atoms with Crippen molar-refractivity contribution in [3.05, 3.63) is 80.9 Å². The van der Waals surface area contributed by atoms with E-state index in [0.29, 0.717) is 5.56 Å². The molecule has 0 saturated carbocycles. The fraction of sp³-hybridized carbons (Fsp3) is 0.0909. The summed E-state index contributed by atoms with van der Waals surface area (Å²) in [4.78, 5) is 40.7. The van der Waals surface area contributed by atoms with Gasteiger partial charge in [0, 0.05) is 30.2 Å². The first kappa shape index (κ1) is 20.1. The summed E-state index contributed by atoms with van der Waals surface area (Å²) in [5, 5.41) is 32.9. The molecule has 11 nitrogen and oxygen atoms in total. The number of aromatic hydroxyl groups is 2. The number of phenols is 2. The van der Waals surface area contributed by atoms with E-state index < -0.39 is 34.1 Å². The van der Waals surface area contributed by atoms with Gasteiger partial charge in [0.15, 0.2) is 17.1 Å². The number of nitrogens with one attached hydrogen (secondary N) is 1. The van der Waals surface area contributed by atoms with Gasteiger partial charge in [-0.05, 0) is 18.2 Å². The lowest BCUT2D eigenvalue weighted by molar-refractivity contribution is -0.711. The van der Waals surface area contributed by atoms with Crippen molar-refractivity contribution in [2.24, 2.45) is 0 Å². The molecule has 1 unspecified atom stereocenters. The second kappa shape index (κ2) is 6.85. The van der Waals surface area contributed by atoms with Crippen LogP contribution in [0, 0.1) is 10.1 Å². The molecule has 11 heteroatoms. The third-order valence-corrected chi connectivity index (χ3v) is 5.38. The Hall–Kier alpha value is -4.80. The highest BCUT2D eigenvalue weighted by Crippen LogP contribution is 2.61. The van der Waals surface area contributed by atoms with Gasteiger partial charge in [0.2, 0.25) is 5.91 Å². The Balaban J connectivity index is 1.94. The Labute approximate surface area is 184 Å². The van der Waals surface area contributed by atoms with Crippen LogP contribution in [-0.4, -0.2) is 27.2 Å². The number of hydrogen-bond donors (Lipinski definition) is 3. The van der Waals surface area contributed by atoms with E-state index >= 15 is 0 Å². The lowest BCUT2D eigenvalue weighted by Gasteiger charge is -2.38. The Morgan fingerprint density at radius 3 is 2.61 bits per heavy atom. The highest BCUT2D eigenvalue weighted by Gasteiger charge is 2.55. The first-order valence-electron chi connectivity index (χ1n) is 9.57. The van der Waals surface area contributed by atoms with E-state index in [4.69, 9.17) is 9.47 Å². The summed E-state index contributed by atoms with van der Waals surface area (Å²) in [5.41, 5.74) is -1.15. The number of phenolic OH excluding ortho intramolecular Hbond substituents is 2. The van der Waals surface area contributed by atoms with Gasteiger partial charge < -0.3 is 25.0 Å². The summed E-state index contributed by atoms with van der Waals surface area (Å²) in [5.74, 6) is -2.79. The van der Waals surface area contributed by atoms with Crippen molar-refractivity contribution >= 4 is 17.6 Å². The van der Waals surface area contributed by atoms with E-state index in [1.54, 1.807) is 24.3 Å². The molecule has 0 bridgehead atoms. The van der Waals surface area contributed by atoms with Crippen molar-refractivity contribution in [3.8, 4) is 28.7 Å². The fourth-order valence-corrected chi connectivity index (χ4v) is 4.26. The molecule has 0 aliphatic carbocycles. The van der Waals surface area contributed by atoms with Crippen molar-refractivity contribution < 1.29 is 39.2 Å². The average Bonchev–Trinajstić information content (AvgIpc) is 3.03. The summed E-state index contributed by atoms with van der Waals surface area (Å²) in [7, 11) is 0. The van der Waals surface area contributed by atoms with Crippen LogP contribution in [0.5, 0.6) is 28.7 Å². The van der Waals surface area contributed by atoms with Gasteiger partial charge in [-0.3, -0.25) is 9.63 Å². The van der Waals surface area contributed by atoms with Gasteiger partial charge in [0.25, 0.3) is 5.09 Å². The van der Waals surface area contributed by atoms with Crippen molar-refractivity contribution in [1.82, 2.24) is 0 Å². The molecule has 2 heterocycles. The van der Waals surface area contributed by atoms with Crippen LogP contribution in [0.15, 0.2) is 48.5 Å². The van der Waals surface area contributed by atoms with E-state index in [1.165, 1.54) is 18.2 Å². The maximum absolute atomic E-state index is 12.9. The van der Waals surface area contributed by atoms with Gasteiger partial charge in [-0.1, -0.05) is 18.2 Å². The molecule has 0 fully saturated rings. The first-order valence-corrected chi connectivity index (χ1v) is 9.57. The van der Waals surface area contributed by atoms with E-state index in [2.05, 4.69) is 10.2 Å². The molecule has 2 aliphatic rings. The molecule has 3 aromatic rings. The summed E-state index contributed by atoms with van der Waals surface area (Å²) in [6, 6.07) is 11.7. The third kappa shape index (κ3) is 2.82. The Morgan fingerprint density at radius 1 is 1.12 bits per heavy atom. The minimum absolute atomic E-state index is 0.00356. The standard InChI is InChI=1S/C22H14N2O9/c1-10(25)23-19-18-17(9-15(27)20(19)33-24(29)30)31-16-8-11(26)6-7-14(16)22(18)13-5-3-2-4-12(13)21(28)32-22/h2-9,26-27H,1H3,(H,23,25). The molecule has 3 N–H and O–H groups in total. The number of ether oxygens (including phenoxy) is 2. The quantitative estimate of drug-likeness (QED) is 0.310. The molecule has 0 aromatic heterocycles. The number of hydrogen-bond acceptors (Lipinski definition) is 9. The van der Waals surface area contributed by atoms with Crippen LogP contribution in [0.1, 0.15) is 34.0 Å². The molecule has 1 amide bonds. The maximum atomic E-state index is 12.9. The van der Waals surface area contributed by atoms with Crippen molar-refractivity contribution in [2.45, 2.75) is 12.5 Å². The molecule has 1 atom stereocenters. The molecule has 33 heavy (non-hydrogen) atoms. The largest absolute Gasteiger partial charge is 0.508 e. The van der Waals surface area contributed by atoms with E-state index in [0.717, 1.165) is 13.0 Å². The lowest BCUT2D eigenvalue weighted by Crippen LogP contribution is -2.34. The number of nitrogens with zero attached hydrogens (tertiary/aromatic N) is 1. The van der Waals surface area contributed by atoms with E-state index in [9.17, 15) is 29.9 Å². The van der Waals surface area contributed by atoms with Gasteiger partial charge >= 0.3 is 5.97 Å². The highest BCUT2D eigenvalue weighted by atomic mass is 17.0. The molecular weight excluding hydrogens is 436 g/mol. The second-order valence-electron chi connectivity index (χ2n) is 7.37. The van der Waals surface area contributed by atoms with Gasteiger partial charge in [-0.2, -0.15) is 0 Å². The van der Waals surface area contributed by atoms with Crippen LogP contribution in [0.3, 0.4) is 0 Å². The summed E-state index contributed by atoms with van der Waals surface area (Å²) in [6.07, 6.45) is 0. The normalized spacial score (nSPS) is 17.3. The molecule has 0 radical (unpaired) electrons. The summed E-state index contributed by atoms with van der Waals surface area (Å²) >= 11 is 0. The number of rotatable bonds is 3. The van der Waals surface area contributed by atoms with Crippen LogP contribution in [0.2, 0.25) is 0 Å². The van der Waals surface area contributed by atoms with Crippen LogP contribution in [0.25, 0.3) is 0 Å². The number of carbonyl (C=O) groups is 2. The zero-order valence-corrected chi connectivity index (χ0v) is 16.8. The predicted octanol–water partition coefficient (Wildman–Crippen LogP) is 3.19. The minimum Gasteiger partial charge on any atom is -0.508 e. The molecule has 2 aliphatic heterocycles. The van der Waals surface area contributed by atoms with Gasteiger partial charge in [-0.25, -0.2) is 4.79 Å². The van der Waals surface area contributed by atoms with Crippen LogP contribution >= 0.6 is 0 Å². The Bertz CT molecular complexity index is 1380. The van der Waals surface area contributed by atoms with E-state index in [1.807, 2.05) is 0 Å². The molecular formula is C22H14N2O9. The topological polar surface area (TPSA) is 157 Å². The molecule has 1 spiro atoms. The van der Waals surface area contributed by atoms with Crippen LogP contribution < -0.4 is 14.9 Å². The fourth-order valence-electron chi connectivity index (χ4n) is 4.26. The monoisotopic (exact) mass is 450 g/mol. The number of fused-ring (bicyclic) bond motifs is 6. The van der Waals surface area contributed by atoms with Crippen molar-refractivity contribution in [1.29, 1.82) is 0 Å². The summed E-state index contributed by atoms with van der Waals surface area (Å²) in [6.45, 7) is 1.16. The van der Waals surface area contributed by atoms with E-state index in [-0.39, 0.29) is 39.6 Å². The van der Waals surface area contributed by atoms with Crippen LogP contribution in [0.4, 0.5) is 5.69 Å². The average molecular weight is 450 g/mol. The highest BCUT2D eigenvalue weighted by molar-refractivity contribution is 6.00. The van der Waals surface area contributed by atoms with Crippen molar-refractivity contribution in [2.75, 3.05) is 5.32 Å². The Kier molecular flexibility index (Phi) is 4.18. The lowest BCUT2D eigenvalue weighted by atomic mass is 9.76. The molecule has 3 aromatic carbocycles. The molecule has 5 rings (SSSR count). The van der Waals surface area contributed by atoms with Crippen LogP contribution in [-0.2, 0) is 15.1 Å². The zero-order valence-electron chi connectivity index (χ0n) is 16.8. The van der Waals surface area contributed by atoms with Gasteiger partial charge in [-0.15, -0.1) is 10.1 Å². The summed E-state index contributed by atoms with van der Waals surface area (Å²) < 4.78 is 11.8. The third-order valence-electron chi connectivity index (χ3n) is 5.38. The van der Waals surface area contributed by atoms with Crippen molar-refractivity contribution in [3.63, 3.8) is 0 Å². The number of anilines is 1. The predicted molar refractivity (Wildman–Crippen MR) is 110 cm³/mol. The molecule has 0 saturated heterocycles.